The van der Waals surface area contributed by atoms with E-state index in [0.717, 1.165) is 5.56 Å². The number of hydrogen-bond donors (Lipinski definition) is 1. The van der Waals surface area contributed by atoms with Crippen molar-refractivity contribution in [3.63, 3.8) is 0 Å². The molecular formula is C20H21Cl2FN2O3S. The number of benzene rings is 2. The van der Waals surface area contributed by atoms with Gasteiger partial charge in [-0.25, -0.2) is 12.8 Å². The Bertz CT molecular complexity index is 999. The highest BCUT2D eigenvalue weighted by molar-refractivity contribution is 7.89. The molecule has 29 heavy (non-hydrogen) atoms. The van der Waals surface area contributed by atoms with Crippen LogP contribution in [0.3, 0.4) is 0 Å². The molecule has 3 rings (SSSR count). The van der Waals surface area contributed by atoms with Crippen LogP contribution in [0.15, 0.2) is 47.4 Å². The van der Waals surface area contributed by atoms with E-state index in [9.17, 15) is 17.6 Å². The van der Waals surface area contributed by atoms with Gasteiger partial charge in [0.05, 0.1) is 17.0 Å². The molecule has 0 radical (unpaired) electrons. The Morgan fingerprint density at radius 1 is 1.21 bits per heavy atom. The fourth-order valence-electron chi connectivity index (χ4n) is 3.35. The number of carbonyl (C=O) groups excluding carboxylic acids is 1. The molecule has 0 aromatic heterocycles. The average molecular weight is 459 g/mol. The quantitative estimate of drug-likeness (QED) is 0.721. The number of nitrogens with one attached hydrogen (secondary N) is 1. The Morgan fingerprint density at radius 3 is 2.59 bits per heavy atom. The van der Waals surface area contributed by atoms with Crippen LogP contribution in [0.5, 0.6) is 0 Å². The Balaban J connectivity index is 1.72. The average Bonchev–Trinajstić information content (AvgIpc) is 2.70. The first-order valence-corrected chi connectivity index (χ1v) is 11.4. The summed E-state index contributed by atoms with van der Waals surface area (Å²) in [6.07, 6.45) is 1.14. The summed E-state index contributed by atoms with van der Waals surface area (Å²) in [4.78, 5) is 12.7. The predicted molar refractivity (Wildman–Crippen MR) is 111 cm³/mol. The lowest BCUT2D eigenvalue weighted by Gasteiger charge is -2.32. The molecular weight excluding hydrogens is 438 g/mol. The third-order valence-corrected chi connectivity index (χ3v) is 7.58. The molecule has 0 spiro atoms. The summed E-state index contributed by atoms with van der Waals surface area (Å²) in [5.74, 6) is -1.07. The highest BCUT2D eigenvalue weighted by atomic mass is 35.5. The maximum Gasteiger partial charge on any atom is 0.244 e. The molecule has 5 nitrogen and oxygen atoms in total. The molecule has 1 amide bonds. The van der Waals surface area contributed by atoms with E-state index < -0.39 is 15.9 Å². The summed E-state index contributed by atoms with van der Waals surface area (Å²) in [5.41, 5.74) is 0.769. The minimum absolute atomic E-state index is 0.0626. The number of piperidine rings is 1. The topological polar surface area (TPSA) is 66.5 Å². The second-order valence-electron chi connectivity index (χ2n) is 7.06. The van der Waals surface area contributed by atoms with Crippen molar-refractivity contribution in [2.45, 2.75) is 30.7 Å². The van der Waals surface area contributed by atoms with Gasteiger partial charge in [-0.15, -0.1) is 0 Å². The van der Waals surface area contributed by atoms with Crippen LogP contribution >= 0.6 is 23.2 Å². The first-order chi connectivity index (χ1) is 13.7. The second-order valence-corrected chi connectivity index (χ2v) is 9.81. The maximum atomic E-state index is 13.1. The molecule has 2 aromatic rings. The lowest BCUT2D eigenvalue weighted by molar-refractivity contribution is -0.126. The van der Waals surface area contributed by atoms with Crippen molar-refractivity contribution in [3.8, 4) is 0 Å². The summed E-state index contributed by atoms with van der Waals surface area (Å²) in [7, 11) is -3.87. The molecule has 9 heteroatoms. The molecule has 0 saturated carbocycles. The number of carbonyl (C=O) groups is 1. The molecule has 2 atom stereocenters. The zero-order valence-electron chi connectivity index (χ0n) is 15.7. The van der Waals surface area contributed by atoms with Gasteiger partial charge in [-0.3, -0.25) is 4.79 Å². The van der Waals surface area contributed by atoms with Crippen LogP contribution in [-0.4, -0.2) is 31.7 Å². The van der Waals surface area contributed by atoms with Crippen molar-refractivity contribution in [3.05, 3.63) is 63.9 Å². The molecule has 1 fully saturated rings. The number of amides is 1. The normalized spacial score (nSPS) is 19.0. The molecule has 2 aromatic carbocycles. The predicted octanol–water partition coefficient (Wildman–Crippen LogP) is 4.41. The van der Waals surface area contributed by atoms with Crippen molar-refractivity contribution in [1.82, 2.24) is 9.62 Å². The van der Waals surface area contributed by atoms with Gasteiger partial charge in [0, 0.05) is 18.1 Å². The van der Waals surface area contributed by atoms with E-state index in [-0.39, 0.29) is 39.3 Å². The van der Waals surface area contributed by atoms with Crippen LogP contribution in [-0.2, 0) is 14.8 Å². The van der Waals surface area contributed by atoms with Gasteiger partial charge in [-0.2, -0.15) is 4.31 Å². The van der Waals surface area contributed by atoms with Gasteiger partial charge < -0.3 is 5.32 Å². The molecule has 156 valence electrons. The monoisotopic (exact) mass is 458 g/mol. The van der Waals surface area contributed by atoms with E-state index in [0.29, 0.717) is 19.4 Å². The lowest BCUT2D eigenvalue weighted by Crippen LogP contribution is -2.45. The molecule has 0 bridgehead atoms. The fraction of sp³-hybridized carbons (Fsp3) is 0.350. The highest BCUT2D eigenvalue weighted by Gasteiger charge is 2.34. The first-order valence-electron chi connectivity index (χ1n) is 9.19. The third kappa shape index (κ3) is 5.09. The summed E-state index contributed by atoms with van der Waals surface area (Å²) in [6, 6.07) is 9.85. The second kappa shape index (κ2) is 9.00. The standard InChI is InChI=1S/C20H21Cl2FN2O3S/c1-13(14-4-7-17(23)8-5-14)24-20(26)15-3-2-10-25(12-15)29(27,28)19-11-16(21)6-9-18(19)22/h4-9,11,13,15H,2-3,10,12H2,1H3,(H,24,26)/t13-,15-/m0/s1. The van der Waals surface area contributed by atoms with E-state index in [1.165, 1.54) is 34.6 Å². The molecule has 1 heterocycles. The van der Waals surface area contributed by atoms with Gasteiger partial charge in [-0.1, -0.05) is 35.3 Å². The van der Waals surface area contributed by atoms with Gasteiger partial charge in [0.1, 0.15) is 10.7 Å². The number of nitrogens with zero attached hydrogens (tertiary/aromatic N) is 1. The number of halogens is 3. The number of rotatable bonds is 5. The van der Waals surface area contributed by atoms with Crippen molar-refractivity contribution >= 4 is 39.1 Å². The molecule has 0 unspecified atom stereocenters. The summed E-state index contributed by atoms with van der Waals surface area (Å²) >= 11 is 12.0. The van der Waals surface area contributed by atoms with Crippen molar-refractivity contribution in [2.75, 3.05) is 13.1 Å². The Kier molecular flexibility index (Phi) is 6.83. The van der Waals surface area contributed by atoms with E-state index in [4.69, 9.17) is 23.2 Å². The van der Waals surface area contributed by atoms with E-state index in [1.54, 1.807) is 19.1 Å². The smallest absolute Gasteiger partial charge is 0.244 e. The summed E-state index contributed by atoms with van der Waals surface area (Å²) < 4.78 is 40.4. The molecule has 1 saturated heterocycles. The molecule has 1 N–H and O–H groups in total. The summed E-state index contributed by atoms with van der Waals surface area (Å²) in [6.45, 7) is 2.17. The van der Waals surface area contributed by atoms with Crippen molar-refractivity contribution < 1.29 is 17.6 Å². The lowest BCUT2D eigenvalue weighted by atomic mass is 9.98. The van der Waals surface area contributed by atoms with Crippen LogP contribution in [0.1, 0.15) is 31.4 Å². The largest absolute Gasteiger partial charge is 0.349 e. The van der Waals surface area contributed by atoms with Gasteiger partial charge in [0.25, 0.3) is 0 Å². The van der Waals surface area contributed by atoms with Crippen LogP contribution in [0.2, 0.25) is 10.0 Å². The van der Waals surface area contributed by atoms with E-state index in [2.05, 4.69) is 5.32 Å². The molecule has 1 aliphatic rings. The first kappa shape index (κ1) is 22.0. The Hall–Kier alpha value is -1.67. The number of sulfonamides is 1. The van der Waals surface area contributed by atoms with Crippen LogP contribution in [0.4, 0.5) is 4.39 Å². The zero-order chi connectivity index (χ0) is 21.2. The van der Waals surface area contributed by atoms with Gasteiger partial charge in [0.2, 0.25) is 15.9 Å². The third-order valence-electron chi connectivity index (χ3n) is 4.99. The number of hydrogen-bond acceptors (Lipinski definition) is 3. The van der Waals surface area contributed by atoms with Gasteiger partial charge in [-0.05, 0) is 55.7 Å². The van der Waals surface area contributed by atoms with Gasteiger partial charge >= 0.3 is 0 Å². The molecule has 0 aliphatic carbocycles. The van der Waals surface area contributed by atoms with Crippen LogP contribution < -0.4 is 5.32 Å². The summed E-state index contributed by atoms with van der Waals surface area (Å²) in [5, 5.41) is 3.25. The van der Waals surface area contributed by atoms with E-state index >= 15 is 0 Å². The Labute approximate surface area is 179 Å². The fourth-order valence-corrected chi connectivity index (χ4v) is 5.62. The molecule has 1 aliphatic heterocycles. The van der Waals surface area contributed by atoms with Crippen molar-refractivity contribution in [1.29, 1.82) is 0 Å². The van der Waals surface area contributed by atoms with Gasteiger partial charge in [0.15, 0.2) is 0 Å². The highest BCUT2D eigenvalue weighted by Crippen LogP contribution is 2.30. The van der Waals surface area contributed by atoms with Crippen LogP contribution in [0.25, 0.3) is 0 Å². The van der Waals surface area contributed by atoms with Crippen LogP contribution in [0, 0.1) is 11.7 Å². The maximum absolute atomic E-state index is 13.1. The minimum Gasteiger partial charge on any atom is -0.349 e. The zero-order valence-corrected chi connectivity index (χ0v) is 18.1. The minimum atomic E-state index is -3.87. The SMILES string of the molecule is C[C@H](NC(=O)[C@H]1CCCN(S(=O)(=O)c2cc(Cl)ccc2Cl)C1)c1ccc(F)cc1. The van der Waals surface area contributed by atoms with E-state index in [1.807, 2.05) is 0 Å². The Morgan fingerprint density at radius 2 is 1.90 bits per heavy atom. The van der Waals surface area contributed by atoms with Crippen molar-refractivity contribution in [2.24, 2.45) is 5.92 Å².